The first-order chi connectivity index (χ1) is 13.7. The number of fused-ring (bicyclic) bond motifs is 1. The summed E-state index contributed by atoms with van der Waals surface area (Å²) in [5.41, 5.74) is 0.969. The van der Waals surface area contributed by atoms with E-state index in [0.29, 0.717) is 23.0 Å². The fourth-order valence-electron chi connectivity index (χ4n) is 3.91. The lowest BCUT2D eigenvalue weighted by Crippen LogP contribution is -2.36. The molecule has 0 bridgehead atoms. The van der Waals surface area contributed by atoms with Gasteiger partial charge < -0.3 is 9.32 Å². The quantitative estimate of drug-likeness (QED) is 0.526. The zero-order chi connectivity index (χ0) is 19.1. The van der Waals surface area contributed by atoms with Gasteiger partial charge in [-0.15, -0.1) is 15.3 Å². The van der Waals surface area contributed by atoms with Crippen molar-refractivity contribution in [2.24, 2.45) is 5.92 Å². The fourth-order valence-corrected chi connectivity index (χ4v) is 3.91. The van der Waals surface area contributed by atoms with Gasteiger partial charge in [0.25, 0.3) is 0 Å². The van der Waals surface area contributed by atoms with Gasteiger partial charge in [0, 0.05) is 6.54 Å². The molecule has 0 amide bonds. The molecule has 1 aliphatic heterocycles. The number of piperidine rings is 1. The summed E-state index contributed by atoms with van der Waals surface area (Å²) in [4.78, 5) is 2.25. The van der Waals surface area contributed by atoms with Crippen molar-refractivity contribution in [1.29, 1.82) is 0 Å². The predicted octanol–water partition coefficient (Wildman–Crippen LogP) is 4.50. The Morgan fingerprint density at radius 1 is 1.07 bits per heavy atom. The normalized spacial score (nSPS) is 20.0. The van der Waals surface area contributed by atoms with Gasteiger partial charge in [-0.3, -0.25) is 0 Å². The molecule has 142 valence electrons. The predicted molar refractivity (Wildman–Crippen MR) is 103 cm³/mol. The zero-order valence-corrected chi connectivity index (χ0v) is 15.5. The highest BCUT2D eigenvalue weighted by Crippen LogP contribution is 2.37. The van der Waals surface area contributed by atoms with E-state index >= 15 is 0 Å². The van der Waals surface area contributed by atoms with Crippen molar-refractivity contribution in [1.82, 2.24) is 19.8 Å². The van der Waals surface area contributed by atoms with E-state index in [0.717, 1.165) is 31.0 Å². The monoisotopic (exact) mass is 377 g/mol. The molecule has 1 fully saturated rings. The van der Waals surface area contributed by atoms with Crippen molar-refractivity contribution in [3.05, 3.63) is 66.4 Å². The topological polar surface area (TPSA) is 59.5 Å². The van der Waals surface area contributed by atoms with Gasteiger partial charge in [0.2, 0.25) is 0 Å². The zero-order valence-electron chi connectivity index (χ0n) is 15.5. The van der Waals surface area contributed by atoms with Crippen LogP contribution in [0.4, 0.5) is 10.2 Å². The Bertz CT molecular complexity index is 1110. The second-order valence-electron chi connectivity index (χ2n) is 7.32. The molecule has 3 aromatic heterocycles. The van der Waals surface area contributed by atoms with Crippen molar-refractivity contribution in [3.63, 3.8) is 0 Å². The van der Waals surface area contributed by atoms with Gasteiger partial charge in [0.15, 0.2) is 11.5 Å². The first kappa shape index (κ1) is 16.9. The molecule has 1 aliphatic rings. The third kappa shape index (κ3) is 2.83. The number of rotatable bonds is 3. The van der Waals surface area contributed by atoms with Crippen LogP contribution in [0.15, 0.2) is 59.2 Å². The Kier molecular flexibility index (Phi) is 4.07. The molecule has 0 radical (unpaired) electrons. The molecule has 2 unspecified atom stereocenters. The lowest BCUT2D eigenvalue weighted by atomic mass is 9.91. The van der Waals surface area contributed by atoms with Crippen molar-refractivity contribution in [2.75, 3.05) is 11.4 Å². The van der Waals surface area contributed by atoms with Gasteiger partial charge in [0.1, 0.15) is 17.4 Å². The molecule has 5 rings (SSSR count). The Morgan fingerprint density at radius 2 is 1.96 bits per heavy atom. The minimum atomic E-state index is -0.343. The SMILES string of the molecule is CC1CCN(c2ccc3nnc(-c4ccccc4F)n3n2)C(c2ccco2)C1. The average molecular weight is 377 g/mol. The number of anilines is 1. The minimum Gasteiger partial charge on any atom is -0.467 e. The van der Waals surface area contributed by atoms with Gasteiger partial charge in [0.05, 0.1) is 17.9 Å². The van der Waals surface area contributed by atoms with Crippen molar-refractivity contribution in [3.8, 4) is 11.4 Å². The van der Waals surface area contributed by atoms with Crippen LogP contribution >= 0.6 is 0 Å². The molecular formula is C21H20FN5O. The fraction of sp³-hybridized carbons (Fsp3) is 0.286. The lowest BCUT2D eigenvalue weighted by Gasteiger charge is -2.38. The summed E-state index contributed by atoms with van der Waals surface area (Å²) >= 11 is 0. The number of hydrogen-bond acceptors (Lipinski definition) is 5. The van der Waals surface area contributed by atoms with E-state index in [4.69, 9.17) is 9.52 Å². The van der Waals surface area contributed by atoms with E-state index < -0.39 is 0 Å². The first-order valence-corrected chi connectivity index (χ1v) is 9.48. The van der Waals surface area contributed by atoms with Gasteiger partial charge >= 0.3 is 0 Å². The molecular weight excluding hydrogens is 357 g/mol. The van der Waals surface area contributed by atoms with E-state index in [2.05, 4.69) is 22.0 Å². The minimum absolute atomic E-state index is 0.122. The van der Waals surface area contributed by atoms with Crippen molar-refractivity contribution >= 4 is 11.5 Å². The summed E-state index contributed by atoms with van der Waals surface area (Å²) in [6.45, 7) is 3.14. The van der Waals surface area contributed by atoms with Gasteiger partial charge in [-0.2, -0.15) is 4.52 Å². The van der Waals surface area contributed by atoms with Crippen molar-refractivity contribution < 1.29 is 8.81 Å². The molecule has 6 nitrogen and oxygen atoms in total. The van der Waals surface area contributed by atoms with E-state index in [1.165, 1.54) is 6.07 Å². The number of hydrogen-bond donors (Lipinski definition) is 0. The van der Waals surface area contributed by atoms with Crippen LogP contribution in [-0.4, -0.2) is 26.4 Å². The van der Waals surface area contributed by atoms with Crippen LogP contribution in [0.5, 0.6) is 0 Å². The van der Waals surface area contributed by atoms with E-state index in [1.54, 1.807) is 29.0 Å². The Hall–Kier alpha value is -3.22. The highest BCUT2D eigenvalue weighted by Gasteiger charge is 2.31. The molecule has 0 aliphatic carbocycles. The molecule has 2 atom stereocenters. The second kappa shape index (κ2) is 6.74. The average Bonchev–Trinajstić information content (AvgIpc) is 3.38. The Labute approximate surface area is 161 Å². The Balaban J connectivity index is 1.59. The van der Waals surface area contributed by atoms with Crippen LogP contribution in [-0.2, 0) is 0 Å². The number of benzene rings is 1. The third-order valence-electron chi connectivity index (χ3n) is 5.39. The molecule has 1 saturated heterocycles. The molecule has 4 aromatic rings. The summed E-state index contributed by atoms with van der Waals surface area (Å²) in [5.74, 6) is 2.41. The molecule has 0 N–H and O–H groups in total. The summed E-state index contributed by atoms with van der Waals surface area (Å²) in [7, 11) is 0. The third-order valence-corrected chi connectivity index (χ3v) is 5.39. The van der Waals surface area contributed by atoms with E-state index in [1.807, 2.05) is 24.3 Å². The van der Waals surface area contributed by atoms with Gasteiger partial charge in [-0.05, 0) is 55.2 Å². The molecule has 1 aromatic carbocycles. The summed E-state index contributed by atoms with van der Waals surface area (Å²) in [6.07, 6.45) is 3.79. The maximum atomic E-state index is 14.3. The summed E-state index contributed by atoms with van der Waals surface area (Å²) < 4.78 is 21.6. The number of nitrogens with zero attached hydrogens (tertiary/aromatic N) is 5. The molecule has 7 heteroatoms. The standard InChI is InChI=1S/C21H20FN5O/c1-14-10-11-26(17(13-14)18-7-4-12-28-18)20-9-8-19-23-24-21(27(19)25-20)15-5-2-3-6-16(15)22/h2-9,12,14,17H,10-11,13H2,1H3. The van der Waals surface area contributed by atoms with E-state index in [-0.39, 0.29) is 11.9 Å². The van der Waals surface area contributed by atoms with Gasteiger partial charge in [-0.1, -0.05) is 19.1 Å². The summed E-state index contributed by atoms with van der Waals surface area (Å²) in [5, 5.41) is 13.1. The summed E-state index contributed by atoms with van der Waals surface area (Å²) in [6, 6.07) is 14.4. The van der Waals surface area contributed by atoms with Crippen LogP contribution < -0.4 is 4.90 Å². The molecule has 28 heavy (non-hydrogen) atoms. The van der Waals surface area contributed by atoms with Gasteiger partial charge in [-0.25, -0.2) is 4.39 Å². The van der Waals surface area contributed by atoms with Crippen LogP contribution in [0.1, 0.15) is 31.6 Å². The molecule has 0 spiro atoms. The second-order valence-corrected chi connectivity index (χ2v) is 7.32. The van der Waals surface area contributed by atoms with Crippen LogP contribution in [0.2, 0.25) is 0 Å². The van der Waals surface area contributed by atoms with Crippen LogP contribution in [0.3, 0.4) is 0 Å². The number of furan rings is 1. The Morgan fingerprint density at radius 3 is 2.79 bits per heavy atom. The van der Waals surface area contributed by atoms with Crippen LogP contribution in [0.25, 0.3) is 17.0 Å². The number of aromatic nitrogens is 4. The highest BCUT2D eigenvalue weighted by molar-refractivity contribution is 5.60. The molecule has 0 saturated carbocycles. The van der Waals surface area contributed by atoms with Crippen molar-refractivity contribution in [2.45, 2.75) is 25.8 Å². The highest BCUT2D eigenvalue weighted by atomic mass is 19.1. The largest absolute Gasteiger partial charge is 0.467 e. The maximum absolute atomic E-state index is 14.3. The first-order valence-electron chi connectivity index (χ1n) is 9.48. The van der Waals surface area contributed by atoms with Crippen LogP contribution in [0, 0.1) is 11.7 Å². The smallest absolute Gasteiger partial charge is 0.188 e. The maximum Gasteiger partial charge on any atom is 0.188 e. The molecule has 4 heterocycles. The lowest BCUT2D eigenvalue weighted by molar-refractivity contribution is 0.326. The van der Waals surface area contributed by atoms with E-state index in [9.17, 15) is 4.39 Å². The number of halogens is 1.